The Labute approximate surface area is 493 Å². The van der Waals surface area contributed by atoms with Gasteiger partial charge in [-0.1, -0.05) is 33.8 Å². The smallest absolute Gasteiger partial charge is 0.241 e. The van der Waals surface area contributed by atoms with Crippen molar-refractivity contribution in [2.45, 2.75) is 88.7 Å². The maximum absolute atomic E-state index is 14.5. The lowest BCUT2D eigenvalue weighted by Gasteiger charge is -2.43. The number of fused-ring (bicyclic) bond motifs is 2. The molecule has 0 bridgehead atoms. The number of morpholine rings is 2. The zero-order chi connectivity index (χ0) is 58.9. The molecular formula is C64H84F2N12O6. The van der Waals surface area contributed by atoms with Crippen molar-refractivity contribution in [2.24, 2.45) is 0 Å². The van der Waals surface area contributed by atoms with Crippen molar-refractivity contribution in [3.63, 3.8) is 0 Å². The van der Waals surface area contributed by atoms with Gasteiger partial charge >= 0.3 is 0 Å². The molecule has 84 heavy (non-hydrogen) atoms. The van der Waals surface area contributed by atoms with Gasteiger partial charge in [0.15, 0.2) is 0 Å². The van der Waals surface area contributed by atoms with Crippen LogP contribution in [0.1, 0.15) is 52.9 Å². The number of benzene rings is 3. The van der Waals surface area contributed by atoms with Crippen LogP contribution in [0.15, 0.2) is 97.3 Å². The molecule has 18 nitrogen and oxygen atoms in total. The molecule has 6 aliphatic rings. The molecule has 4 fully saturated rings. The summed E-state index contributed by atoms with van der Waals surface area (Å²) in [7, 11) is 3.85. The number of pyridine rings is 2. The molecule has 20 heteroatoms. The lowest BCUT2D eigenvalue weighted by Crippen LogP contribution is -2.61. The summed E-state index contributed by atoms with van der Waals surface area (Å²) in [6.07, 6.45) is 3.40. The molecule has 2 N–H and O–H groups in total. The molecule has 0 aliphatic carbocycles. The summed E-state index contributed by atoms with van der Waals surface area (Å²) < 4.78 is 52.8. The van der Waals surface area contributed by atoms with Crippen molar-refractivity contribution in [3.8, 4) is 11.5 Å². The van der Waals surface area contributed by atoms with Crippen molar-refractivity contribution in [3.05, 3.63) is 120 Å². The Morgan fingerprint density at radius 1 is 0.607 bits per heavy atom. The molecule has 0 spiro atoms. The Bertz CT molecular complexity index is 2900. The van der Waals surface area contributed by atoms with Crippen LogP contribution in [0.2, 0.25) is 0 Å². The summed E-state index contributed by atoms with van der Waals surface area (Å²) in [5, 5.41) is 7.34. The molecule has 2 amide bonds. The molecule has 8 heterocycles. The number of anilines is 6. The summed E-state index contributed by atoms with van der Waals surface area (Å²) >= 11 is 0. The van der Waals surface area contributed by atoms with Crippen LogP contribution in [0.25, 0.3) is 0 Å². The molecule has 6 atom stereocenters. The summed E-state index contributed by atoms with van der Waals surface area (Å²) in [6.45, 7) is 24.1. The van der Waals surface area contributed by atoms with Crippen LogP contribution in [0.5, 0.6) is 11.5 Å². The number of carbonyl (C=O) groups is 2. The van der Waals surface area contributed by atoms with Gasteiger partial charge < -0.3 is 49.2 Å². The topological polar surface area (TPSA) is 147 Å². The first-order valence-corrected chi connectivity index (χ1v) is 29.9. The second kappa shape index (κ2) is 25.3. The number of nitrogens with one attached hydrogen (secondary N) is 2. The van der Waals surface area contributed by atoms with E-state index in [4.69, 9.17) is 28.9 Å². The molecule has 0 saturated carbocycles. The zero-order valence-corrected chi connectivity index (χ0v) is 50.1. The minimum absolute atomic E-state index is 0.0518. The third-order valence-corrected chi connectivity index (χ3v) is 17.7. The minimum Gasteiger partial charge on any atom is -0.491 e. The number of rotatable bonds is 18. The fourth-order valence-corrected chi connectivity index (χ4v) is 12.9. The predicted octanol–water partition coefficient (Wildman–Crippen LogP) is 6.42. The van der Waals surface area contributed by atoms with Crippen LogP contribution in [0.3, 0.4) is 0 Å². The third kappa shape index (κ3) is 13.7. The number of amides is 2. The number of nitrogens with zero attached hydrogens (tertiary/aromatic N) is 10. The summed E-state index contributed by atoms with van der Waals surface area (Å²) in [6, 6.07) is 25.3. The third-order valence-electron chi connectivity index (χ3n) is 17.7. The maximum Gasteiger partial charge on any atom is 0.241 e. The van der Waals surface area contributed by atoms with E-state index in [-0.39, 0.29) is 70.7 Å². The highest BCUT2D eigenvalue weighted by Crippen LogP contribution is 2.43. The fourth-order valence-electron chi connectivity index (χ4n) is 12.9. The van der Waals surface area contributed by atoms with Crippen LogP contribution in [-0.2, 0) is 29.9 Å². The van der Waals surface area contributed by atoms with E-state index < -0.39 is 0 Å². The van der Waals surface area contributed by atoms with Gasteiger partial charge in [0.2, 0.25) is 11.8 Å². The lowest BCUT2D eigenvalue weighted by atomic mass is 9.91. The van der Waals surface area contributed by atoms with Gasteiger partial charge in [-0.15, -0.1) is 0 Å². The number of halogens is 2. The van der Waals surface area contributed by atoms with Gasteiger partial charge in [0.25, 0.3) is 0 Å². The number of aromatic nitrogens is 2. The molecule has 2 aromatic heterocycles. The molecular weight excluding hydrogens is 1070 g/mol. The Balaban J connectivity index is 0.649. The van der Waals surface area contributed by atoms with Crippen LogP contribution >= 0.6 is 0 Å². The molecule has 3 aromatic carbocycles. The average molecular weight is 1160 g/mol. The molecule has 4 saturated heterocycles. The van der Waals surface area contributed by atoms with Gasteiger partial charge in [0.05, 0.1) is 72.8 Å². The first-order chi connectivity index (χ1) is 40.3. The Morgan fingerprint density at radius 3 is 1.44 bits per heavy atom. The first kappa shape index (κ1) is 59.4. The second-order valence-corrected chi connectivity index (χ2v) is 25.3. The molecule has 450 valence electrons. The van der Waals surface area contributed by atoms with Gasteiger partial charge in [-0.25, -0.2) is 8.78 Å². The Morgan fingerprint density at radius 2 is 1.02 bits per heavy atom. The van der Waals surface area contributed by atoms with E-state index in [2.05, 4.69) is 71.8 Å². The minimum atomic E-state index is -0.315. The summed E-state index contributed by atoms with van der Waals surface area (Å²) in [4.78, 5) is 56.0. The second-order valence-electron chi connectivity index (χ2n) is 25.3. The number of ether oxygens (including phenoxy) is 4. The van der Waals surface area contributed by atoms with Gasteiger partial charge in [-0.2, -0.15) is 0 Å². The van der Waals surface area contributed by atoms with E-state index in [1.165, 1.54) is 24.3 Å². The van der Waals surface area contributed by atoms with Crippen LogP contribution in [0, 0.1) is 11.6 Å². The molecule has 0 unspecified atom stereocenters. The largest absolute Gasteiger partial charge is 0.491 e. The summed E-state index contributed by atoms with van der Waals surface area (Å²) in [5.41, 5.74) is 6.14. The van der Waals surface area contributed by atoms with E-state index >= 15 is 0 Å². The highest BCUT2D eigenvalue weighted by atomic mass is 19.1. The molecule has 0 radical (unpaired) electrons. The van der Waals surface area contributed by atoms with Crippen molar-refractivity contribution < 1.29 is 37.3 Å². The van der Waals surface area contributed by atoms with Gasteiger partial charge in [0.1, 0.15) is 48.6 Å². The van der Waals surface area contributed by atoms with Gasteiger partial charge in [-0.05, 0) is 86.6 Å². The number of hydrogen-bond donors (Lipinski definition) is 2. The maximum atomic E-state index is 14.5. The Hall–Kier alpha value is -6.36. The molecule has 5 aromatic rings. The van der Waals surface area contributed by atoms with Crippen LogP contribution in [-0.4, -0.2) is 210 Å². The SMILES string of the molecule is C[C@@H]1CN(CC(=O)N2CC(C)(C)c3ncc(N(C)c4ccc(F)cc4)cc32)[C@@H](CN2CCO[C@H](COc3cccc(OC[C@@H]4CN(C[C@H]5CN[C@H](C)CN5CC(=O)N5CC(C)(C)c6ncc(N(C)c7ccc(F)cc7)cc65)CCO4)c3)C2)CN1. The Kier molecular flexibility index (Phi) is 17.9. The van der Waals surface area contributed by atoms with Gasteiger partial charge in [-0.3, -0.25) is 39.2 Å². The number of carbonyl (C=O) groups excluding carboxylic acids is 2. The van der Waals surface area contributed by atoms with E-state index in [9.17, 15) is 18.4 Å². The standard InChI is InChI=1S/C64H84F2N12O6/c1-43-31-75(37-59(79)77-41-63(3,4)61-57(77)24-49(27-69-61)71(7)47-16-12-45(65)13-17-47)51(29-67-43)33-73-20-22-81-55(35-73)39-83-53-10-9-11-54(26-53)84-40-56-36-74(21-23-82-56)34-52-30-68-44(2)32-76(52)38-60(80)78-42-64(5,6)62-58(78)25-50(28-70-62)72(8)48-18-14-46(66)15-19-48/h9-19,24-28,43-44,51-52,55-56,67-68H,20-23,29-42H2,1-8H3/t43-,44-,51-,52-,55+,56+/m1/s1. The predicted molar refractivity (Wildman–Crippen MR) is 324 cm³/mol. The quantitative estimate of drug-likeness (QED) is 0.0994. The normalized spacial score (nSPS) is 24.6. The zero-order valence-electron chi connectivity index (χ0n) is 50.1. The fraction of sp³-hybridized carbons (Fsp3) is 0.531. The van der Waals surface area contributed by atoms with Crippen LogP contribution in [0.4, 0.5) is 42.9 Å². The van der Waals surface area contributed by atoms with Crippen molar-refractivity contribution >= 4 is 45.9 Å². The highest BCUT2D eigenvalue weighted by Gasteiger charge is 2.43. The van der Waals surface area contributed by atoms with E-state index in [0.717, 1.165) is 97.9 Å². The van der Waals surface area contributed by atoms with E-state index in [0.29, 0.717) is 77.2 Å². The number of piperazine rings is 2. The summed E-state index contributed by atoms with van der Waals surface area (Å²) in [5.74, 6) is 0.929. The average Bonchev–Trinajstić information content (AvgIpc) is 4.18. The monoisotopic (exact) mass is 1150 g/mol. The highest BCUT2D eigenvalue weighted by molar-refractivity contribution is 5.99. The van der Waals surface area contributed by atoms with Crippen molar-refractivity contribution in [2.75, 3.05) is 152 Å². The first-order valence-electron chi connectivity index (χ1n) is 29.9. The van der Waals surface area contributed by atoms with Crippen molar-refractivity contribution in [1.29, 1.82) is 0 Å². The van der Waals surface area contributed by atoms with E-state index in [1.807, 2.05) is 82.5 Å². The molecule has 6 aliphatic heterocycles. The lowest BCUT2D eigenvalue weighted by molar-refractivity contribution is -0.121. The number of hydrogen-bond acceptors (Lipinski definition) is 16. The van der Waals surface area contributed by atoms with Crippen molar-refractivity contribution in [1.82, 2.24) is 40.2 Å². The van der Waals surface area contributed by atoms with Gasteiger partial charge in [0, 0.05) is 145 Å². The van der Waals surface area contributed by atoms with E-state index in [1.54, 1.807) is 24.3 Å². The molecule has 11 rings (SSSR count). The van der Waals surface area contributed by atoms with Crippen LogP contribution < -0.4 is 39.7 Å².